The van der Waals surface area contributed by atoms with Gasteiger partial charge in [-0.2, -0.15) is 0 Å². The van der Waals surface area contributed by atoms with Crippen molar-refractivity contribution in [3.63, 3.8) is 0 Å². The lowest BCUT2D eigenvalue weighted by molar-refractivity contribution is 0.722. The first-order chi connectivity index (χ1) is 24.3. The lowest BCUT2D eigenvalue weighted by Gasteiger charge is -2.39. The second-order valence-electron chi connectivity index (χ2n) is 13.1. The lowest BCUT2D eigenvalue weighted by atomic mass is 9.67. The summed E-state index contributed by atoms with van der Waals surface area (Å²) >= 11 is 1.88. The quantitative estimate of drug-likeness (QED) is 0.193. The van der Waals surface area contributed by atoms with Crippen molar-refractivity contribution in [2.75, 3.05) is 0 Å². The molecule has 1 unspecified atom stereocenters. The van der Waals surface area contributed by atoms with Gasteiger partial charge in [0.1, 0.15) is 0 Å². The Morgan fingerprint density at radius 3 is 2.02 bits per heavy atom. The van der Waals surface area contributed by atoms with Crippen molar-refractivity contribution in [2.24, 2.45) is 4.99 Å². The Hall–Kier alpha value is -5.84. The number of aromatic nitrogens is 1. The van der Waals surface area contributed by atoms with E-state index < -0.39 is 5.41 Å². The standard InChI is InChI=1S/C45H29N3S/c1-2-14-28(15-3-1)42-32-18-5-10-22-37(32)46-44(47-42)48-38-23-11-6-16-29(38)30-26-27-36-41(43(30)48)31-17-4-7-19-33(31)45(36)34-20-8-12-24-39(34)49-40-25-13-9-21-35(40)45/h1-27,42H,(H,46,47). The van der Waals surface area contributed by atoms with E-state index in [-0.39, 0.29) is 6.04 Å². The Kier molecular flexibility index (Phi) is 5.59. The first-order valence-corrected chi connectivity index (χ1v) is 17.7. The molecule has 0 amide bonds. The summed E-state index contributed by atoms with van der Waals surface area (Å²) in [6.07, 6.45) is 0. The molecule has 0 saturated heterocycles. The van der Waals surface area contributed by atoms with Gasteiger partial charge in [0.05, 0.1) is 28.2 Å². The number of nitrogens with zero attached hydrogens (tertiary/aromatic N) is 2. The first kappa shape index (κ1) is 27.1. The molecule has 8 aromatic rings. The third-order valence-corrected chi connectivity index (χ3v) is 11.9. The van der Waals surface area contributed by atoms with Gasteiger partial charge in [-0.3, -0.25) is 4.57 Å². The number of aliphatic imine (C=N–C) groups is 1. The van der Waals surface area contributed by atoms with Crippen LogP contribution in [-0.4, -0.2) is 10.5 Å². The summed E-state index contributed by atoms with van der Waals surface area (Å²) in [7, 11) is 0. The zero-order valence-electron chi connectivity index (χ0n) is 26.5. The summed E-state index contributed by atoms with van der Waals surface area (Å²) in [6.45, 7) is 0. The molecule has 3 aliphatic rings. The van der Waals surface area contributed by atoms with Crippen LogP contribution in [0.15, 0.2) is 179 Å². The van der Waals surface area contributed by atoms with E-state index >= 15 is 0 Å². The third kappa shape index (κ3) is 3.56. The summed E-state index contributed by atoms with van der Waals surface area (Å²) in [4.78, 5) is 8.01. The Morgan fingerprint density at radius 1 is 0.551 bits per heavy atom. The zero-order valence-corrected chi connectivity index (χ0v) is 27.3. The molecule has 1 atom stereocenters. The molecule has 0 fully saturated rings. The van der Waals surface area contributed by atoms with E-state index in [1.807, 2.05) is 11.8 Å². The van der Waals surface area contributed by atoms with Gasteiger partial charge >= 0.3 is 0 Å². The molecule has 0 saturated carbocycles. The molecule has 4 heteroatoms. The molecular formula is C45H29N3S. The Balaban J connectivity index is 1.28. The summed E-state index contributed by atoms with van der Waals surface area (Å²) in [6, 6.07) is 59.9. The van der Waals surface area contributed by atoms with Crippen molar-refractivity contribution in [1.82, 2.24) is 9.88 Å². The zero-order chi connectivity index (χ0) is 32.1. The molecule has 3 nitrogen and oxygen atoms in total. The highest BCUT2D eigenvalue weighted by Crippen LogP contribution is 2.63. The number of fused-ring (bicyclic) bond motifs is 14. The Bertz CT molecular complexity index is 2640. The molecule has 230 valence electrons. The molecule has 2 aliphatic heterocycles. The monoisotopic (exact) mass is 643 g/mol. The van der Waals surface area contributed by atoms with Crippen molar-refractivity contribution in [2.45, 2.75) is 21.2 Å². The Labute approximate surface area is 288 Å². The number of hydrogen-bond donors (Lipinski definition) is 1. The fraction of sp³-hybridized carbons (Fsp3) is 0.0444. The van der Waals surface area contributed by atoms with E-state index in [4.69, 9.17) is 4.99 Å². The number of para-hydroxylation sites is 2. The maximum absolute atomic E-state index is 5.39. The molecule has 1 spiro atoms. The summed E-state index contributed by atoms with van der Waals surface area (Å²) < 4.78 is 2.40. The molecule has 1 aromatic heterocycles. The van der Waals surface area contributed by atoms with E-state index in [1.165, 1.54) is 70.6 Å². The second kappa shape index (κ2) is 10.1. The molecule has 11 rings (SSSR count). The van der Waals surface area contributed by atoms with E-state index in [0.717, 1.165) is 17.2 Å². The van der Waals surface area contributed by atoms with Crippen LogP contribution in [0.2, 0.25) is 0 Å². The fourth-order valence-corrected chi connectivity index (χ4v) is 10.0. The van der Waals surface area contributed by atoms with Gasteiger partial charge < -0.3 is 5.32 Å². The molecule has 7 aromatic carbocycles. The molecular weight excluding hydrogens is 615 g/mol. The van der Waals surface area contributed by atoms with Crippen molar-refractivity contribution in [1.29, 1.82) is 0 Å². The van der Waals surface area contributed by atoms with Crippen LogP contribution >= 0.6 is 11.8 Å². The van der Waals surface area contributed by atoms with Gasteiger partial charge in [-0.1, -0.05) is 151 Å². The number of nitrogens with one attached hydrogen (secondary N) is 1. The van der Waals surface area contributed by atoms with E-state index in [0.29, 0.717) is 0 Å². The number of rotatable bonds is 1. The van der Waals surface area contributed by atoms with Crippen LogP contribution in [0.1, 0.15) is 39.4 Å². The molecule has 3 heterocycles. The second-order valence-corrected chi connectivity index (χ2v) is 14.2. The first-order valence-electron chi connectivity index (χ1n) is 16.9. The van der Waals surface area contributed by atoms with Gasteiger partial charge in [-0.25, -0.2) is 4.99 Å². The predicted molar refractivity (Wildman–Crippen MR) is 201 cm³/mol. The molecule has 0 radical (unpaired) electrons. The van der Waals surface area contributed by atoms with Crippen molar-refractivity contribution < 1.29 is 0 Å². The third-order valence-electron chi connectivity index (χ3n) is 10.7. The van der Waals surface area contributed by atoms with E-state index in [2.05, 4.69) is 174 Å². The molecule has 1 N–H and O–H groups in total. The smallest absolute Gasteiger partial charge is 0.209 e. The minimum absolute atomic E-state index is 0.0365. The van der Waals surface area contributed by atoms with Crippen molar-refractivity contribution >= 4 is 45.2 Å². The van der Waals surface area contributed by atoms with Crippen LogP contribution in [0.25, 0.3) is 32.9 Å². The average molecular weight is 644 g/mol. The van der Waals surface area contributed by atoms with Crippen LogP contribution in [-0.2, 0) is 5.41 Å². The molecule has 0 bridgehead atoms. The predicted octanol–water partition coefficient (Wildman–Crippen LogP) is 10.9. The van der Waals surface area contributed by atoms with Gasteiger partial charge in [0.25, 0.3) is 0 Å². The van der Waals surface area contributed by atoms with Crippen LogP contribution in [0.4, 0.5) is 5.69 Å². The summed E-state index contributed by atoms with van der Waals surface area (Å²) in [5.74, 6) is 0.839. The highest BCUT2D eigenvalue weighted by atomic mass is 32.2. The highest BCUT2D eigenvalue weighted by Gasteiger charge is 2.51. The number of benzene rings is 7. The van der Waals surface area contributed by atoms with Crippen molar-refractivity contribution in [3.05, 3.63) is 197 Å². The van der Waals surface area contributed by atoms with Crippen LogP contribution < -0.4 is 5.32 Å². The number of hydrogen-bond acceptors (Lipinski definition) is 3. The average Bonchev–Trinajstić information content (AvgIpc) is 3.66. The van der Waals surface area contributed by atoms with Gasteiger partial charge in [-0.15, -0.1) is 0 Å². The van der Waals surface area contributed by atoms with Crippen LogP contribution in [0.5, 0.6) is 0 Å². The lowest BCUT2D eigenvalue weighted by Crippen LogP contribution is -2.36. The SMILES string of the molecule is c1ccc(C2NC(n3c4ccccc4c4ccc5c(c43)-c3ccccc3C53c4ccccc4Sc4ccccc43)=Nc3ccccc32)cc1. The van der Waals surface area contributed by atoms with Gasteiger partial charge in [0, 0.05) is 31.7 Å². The molecule has 49 heavy (non-hydrogen) atoms. The van der Waals surface area contributed by atoms with E-state index in [1.54, 1.807) is 0 Å². The van der Waals surface area contributed by atoms with Crippen LogP contribution in [0, 0.1) is 0 Å². The topological polar surface area (TPSA) is 29.3 Å². The van der Waals surface area contributed by atoms with E-state index in [9.17, 15) is 0 Å². The molecule has 1 aliphatic carbocycles. The summed E-state index contributed by atoms with van der Waals surface area (Å²) in [5, 5.41) is 6.39. The minimum Gasteiger partial charge on any atom is -0.344 e. The summed E-state index contributed by atoms with van der Waals surface area (Å²) in [5.41, 5.74) is 13.2. The minimum atomic E-state index is -0.444. The van der Waals surface area contributed by atoms with Crippen LogP contribution in [0.3, 0.4) is 0 Å². The normalized spacial score (nSPS) is 16.3. The maximum Gasteiger partial charge on any atom is 0.209 e. The van der Waals surface area contributed by atoms with Gasteiger partial charge in [0.15, 0.2) is 0 Å². The maximum atomic E-state index is 5.39. The van der Waals surface area contributed by atoms with Crippen molar-refractivity contribution in [3.8, 4) is 11.1 Å². The van der Waals surface area contributed by atoms with Gasteiger partial charge in [0.2, 0.25) is 5.96 Å². The Morgan fingerprint density at radius 2 is 1.20 bits per heavy atom. The van der Waals surface area contributed by atoms with Gasteiger partial charge in [-0.05, 0) is 57.6 Å². The highest BCUT2D eigenvalue weighted by molar-refractivity contribution is 7.99. The largest absolute Gasteiger partial charge is 0.344 e. The fourth-order valence-electron chi connectivity index (χ4n) is 8.82.